The van der Waals surface area contributed by atoms with Crippen molar-refractivity contribution in [2.45, 2.75) is 39.2 Å². The summed E-state index contributed by atoms with van der Waals surface area (Å²) in [4.78, 5) is 13.5. The van der Waals surface area contributed by atoms with Crippen molar-refractivity contribution in [1.29, 1.82) is 0 Å². The lowest BCUT2D eigenvalue weighted by molar-refractivity contribution is -0.129. The molecule has 1 heterocycles. The van der Waals surface area contributed by atoms with Crippen LogP contribution in [0.4, 0.5) is 0 Å². The Labute approximate surface area is 177 Å². The second-order valence-corrected chi connectivity index (χ2v) is 7.25. The van der Waals surface area contributed by atoms with E-state index in [1.807, 2.05) is 36.4 Å². The third-order valence-corrected chi connectivity index (χ3v) is 5.04. The van der Waals surface area contributed by atoms with Gasteiger partial charge in [0.1, 0.15) is 23.9 Å². The number of carbonyl (C=O) groups excluding carboxylic acids is 1. The first-order chi connectivity index (χ1) is 13.6. The lowest BCUT2D eigenvalue weighted by Gasteiger charge is -2.24. The third-order valence-electron chi connectivity index (χ3n) is 4.79. The van der Waals surface area contributed by atoms with Crippen molar-refractivity contribution in [2.75, 3.05) is 19.7 Å². The largest absolute Gasteiger partial charge is 0.492 e. The van der Waals surface area contributed by atoms with Crippen LogP contribution in [0.25, 0.3) is 0 Å². The van der Waals surface area contributed by atoms with Crippen molar-refractivity contribution in [3.63, 3.8) is 0 Å². The van der Waals surface area contributed by atoms with Gasteiger partial charge in [-0.2, -0.15) is 0 Å². The molecule has 0 unspecified atom stereocenters. The highest BCUT2D eigenvalue weighted by Gasteiger charge is 2.24. The fourth-order valence-corrected chi connectivity index (χ4v) is 3.44. The summed E-state index contributed by atoms with van der Waals surface area (Å²) in [6.07, 6.45) is 3.27. The quantitative estimate of drug-likeness (QED) is 0.446. The molecule has 3 rings (SSSR count). The molecule has 2 N–H and O–H groups in total. The average molecular weight is 421 g/mol. The fourth-order valence-electron chi connectivity index (χ4n) is 3.31. The number of amides is 1. The molecule has 2 aromatic carbocycles. The first-order valence-corrected chi connectivity index (χ1v) is 9.85. The molecular weight excluding hydrogens is 392 g/mol. The molecule has 1 aliphatic heterocycles. The molecule has 7 heteroatoms. The Hall–Kier alpha value is -2.28. The molecule has 1 aliphatic rings. The Bertz CT molecular complexity index is 752. The summed E-state index contributed by atoms with van der Waals surface area (Å²) in [5.41, 5.74) is 1.67. The van der Waals surface area contributed by atoms with Gasteiger partial charge in [-0.05, 0) is 80.9 Å². The van der Waals surface area contributed by atoms with Crippen LogP contribution in [0, 0.1) is 0 Å². The minimum atomic E-state index is -0.340. The van der Waals surface area contributed by atoms with Gasteiger partial charge in [-0.3, -0.25) is 14.9 Å². The van der Waals surface area contributed by atoms with Crippen molar-refractivity contribution < 1.29 is 19.5 Å². The van der Waals surface area contributed by atoms with Gasteiger partial charge >= 0.3 is 0 Å². The minimum absolute atomic E-state index is 0. The molecule has 1 saturated heterocycles. The van der Waals surface area contributed by atoms with Crippen LogP contribution >= 0.6 is 11.6 Å². The van der Waals surface area contributed by atoms with E-state index in [9.17, 15) is 4.79 Å². The number of carbonyl (C=O) groups is 1. The van der Waals surface area contributed by atoms with E-state index in [1.54, 1.807) is 17.6 Å². The van der Waals surface area contributed by atoms with Crippen LogP contribution in [0.3, 0.4) is 0 Å². The van der Waals surface area contributed by atoms with E-state index in [2.05, 4.69) is 4.90 Å². The second kappa shape index (κ2) is 11.7. The lowest BCUT2D eigenvalue weighted by Crippen LogP contribution is -2.35. The van der Waals surface area contributed by atoms with E-state index in [4.69, 9.17) is 26.3 Å². The maximum absolute atomic E-state index is 11.1. The lowest BCUT2D eigenvalue weighted by atomic mass is 10.2. The van der Waals surface area contributed by atoms with Crippen molar-refractivity contribution in [1.82, 2.24) is 10.4 Å². The molecule has 6 nitrogen and oxygen atoms in total. The number of nitrogens with one attached hydrogen (secondary N) is 1. The predicted octanol–water partition coefficient (Wildman–Crippen LogP) is 4.90. The number of hydrogen-bond donors (Lipinski definition) is 2. The van der Waals surface area contributed by atoms with Crippen molar-refractivity contribution in [3.8, 4) is 17.2 Å². The Kier molecular flexibility index (Phi) is 9.25. The topological polar surface area (TPSA) is 71.0 Å². The number of benzene rings is 2. The molecule has 0 aliphatic carbocycles. The van der Waals surface area contributed by atoms with E-state index >= 15 is 0 Å². The summed E-state index contributed by atoms with van der Waals surface area (Å²) in [7, 11) is 0. The van der Waals surface area contributed by atoms with Gasteiger partial charge in [0.25, 0.3) is 0 Å². The van der Waals surface area contributed by atoms with E-state index < -0.39 is 0 Å². The molecule has 0 radical (unpaired) electrons. The highest BCUT2D eigenvalue weighted by atomic mass is 35.5. The van der Waals surface area contributed by atoms with Gasteiger partial charge in [-0.1, -0.05) is 19.0 Å². The zero-order valence-electron chi connectivity index (χ0n) is 15.6. The third kappa shape index (κ3) is 7.24. The number of likely N-dealkylation sites (tertiary alicyclic amines) is 1. The molecule has 29 heavy (non-hydrogen) atoms. The van der Waals surface area contributed by atoms with Crippen LogP contribution < -0.4 is 15.0 Å². The molecule has 0 spiro atoms. The van der Waals surface area contributed by atoms with Gasteiger partial charge in [0.15, 0.2) is 0 Å². The second-order valence-electron chi connectivity index (χ2n) is 6.81. The Morgan fingerprint density at radius 3 is 2.38 bits per heavy atom. The molecule has 1 atom stereocenters. The number of nitrogens with zero attached hydrogens (tertiary/aromatic N) is 1. The summed E-state index contributed by atoms with van der Waals surface area (Å²) < 4.78 is 11.7. The molecule has 1 amide bonds. The first-order valence-electron chi connectivity index (χ1n) is 9.47. The van der Waals surface area contributed by atoms with Gasteiger partial charge < -0.3 is 9.47 Å². The van der Waals surface area contributed by atoms with Gasteiger partial charge in [-0.15, -0.1) is 0 Å². The van der Waals surface area contributed by atoms with E-state index in [0.717, 1.165) is 49.6 Å². The molecule has 158 valence electrons. The van der Waals surface area contributed by atoms with Gasteiger partial charge in [0.05, 0.1) is 0 Å². The molecule has 1 fully saturated rings. The van der Waals surface area contributed by atoms with Gasteiger partial charge in [0, 0.05) is 17.5 Å². The average Bonchev–Trinajstić information content (AvgIpc) is 3.16. The van der Waals surface area contributed by atoms with Crippen LogP contribution in [0.1, 0.15) is 33.1 Å². The Balaban J connectivity index is 0.00000300. The van der Waals surface area contributed by atoms with Gasteiger partial charge in [-0.25, -0.2) is 5.48 Å². The molecule has 2 aromatic rings. The summed E-state index contributed by atoms with van der Waals surface area (Å²) in [5.74, 6) is 1.93. The fraction of sp³-hybridized carbons (Fsp3) is 0.409. The Morgan fingerprint density at radius 2 is 1.72 bits per heavy atom. The maximum Gasteiger partial charge on any atom is 0.243 e. The van der Waals surface area contributed by atoms with E-state index in [-0.39, 0.29) is 13.3 Å². The van der Waals surface area contributed by atoms with Gasteiger partial charge in [0.2, 0.25) is 5.91 Å². The first kappa shape index (κ1) is 23.0. The number of hydroxylamine groups is 1. The molecule has 0 aromatic heterocycles. The van der Waals surface area contributed by atoms with Crippen molar-refractivity contribution >= 4 is 17.5 Å². The van der Waals surface area contributed by atoms with Crippen molar-refractivity contribution in [3.05, 3.63) is 53.6 Å². The Morgan fingerprint density at radius 1 is 1.10 bits per heavy atom. The van der Waals surface area contributed by atoms with Crippen LogP contribution in [-0.4, -0.2) is 41.8 Å². The minimum Gasteiger partial charge on any atom is -0.492 e. The van der Waals surface area contributed by atoms with E-state index in [1.165, 1.54) is 0 Å². The van der Waals surface area contributed by atoms with Crippen LogP contribution in [0.15, 0.2) is 48.5 Å². The summed E-state index contributed by atoms with van der Waals surface area (Å²) in [6, 6.07) is 15.1. The number of rotatable bonds is 9. The summed E-state index contributed by atoms with van der Waals surface area (Å²) >= 11 is 5.88. The SMILES string of the molecule is C.O=C(CCCN1CCC[C@H]1COc1ccc(Oc2ccc(Cl)cc2)cc1)NO. The molecular formula is C22H29ClN2O4. The van der Waals surface area contributed by atoms with Crippen LogP contribution in [0.5, 0.6) is 17.2 Å². The number of ether oxygens (including phenoxy) is 2. The zero-order chi connectivity index (χ0) is 19.8. The molecule has 0 bridgehead atoms. The highest BCUT2D eigenvalue weighted by molar-refractivity contribution is 6.30. The van der Waals surface area contributed by atoms with Crippen LogP contribution in [-0.2, 0) is 4.79 Å². The zero-order valence-corrected chi connectivity index (χ0v) is 16.4. The normalized spacial score (nSPS) is 16.1. The number of halogens is 1. The highest BCUT2D eigenvalue weighted by Crippen LogP contribution is 2.26. The summed E-state index contributed by atoms with van der Waals surface area (Å²) in [6.45, 7) is 2.46. The van der Waals surface area contributed by atoms with E-state index in [0.29, 0.717) is 24.1 Å². The predicted molar refractivity (Wildman–Crippen MR) is 114 cm³/mol. The number of hydrogen-bond acceptors (Lipinski definition) is 5. The standard InChI is InChI=1S/C21H25ClN2O4.CH4/c22-16-5-7-19(8-6-16)28-20-11-9-18(10-12-20)27-15-17-3-1-13-24(17)14-2-4-21(25)23-26;/h5-12,17,26H,1-4,13-15H2,(H,23,25);1H4/t17-;/m0./s1. The summed E-state index contributed by atoms with van der Waals surface area (Å²) in [5, 5.41) is 9.23. The monoisotopic (exact) mass is 420 g/mol. The maximum atomic E-state index is 11.1. The van der Waals surface area contributed by atoms with Crippen LogP contribution in [0.2, 0.25) is 5.02 Å². The molecule has 0 saturated carbocycles. The smallest absolute Gasteiger partial charge is 0.243 e. The van der Waals surface area contributed by atoms with Crippen molar-refractivity contribution in [2.24, 2.45) is 0 Å².